The average molecular weight is 278 g/mol. The lowest BCUT2D eigenvalue weighted by Crippen LogP contribution is -2.46. The fourth-order valence-electron chi connectivity index (χ4n) is 2.51. The van der Waals surface area contributed by atoms with Crippen LogP contribution in [0.25, 0.3) is 0 Å². The molecule has 1 aliphatic heterocycles. The van der Waals surface area contributed by atoms with E-state index in [0.717, 1.165) is 0 Å². The third-order valence-electron chi connectivity index (χ3n) is 4.28. The summed E-state index contributed by atoms with van der Waals surface area (Å²) in [5, 5.41) is 13.9. The quantitative estimate of drug-likeness (QED) is 0.864. The number of rotatable bonds is 5. The molecule has 3 atom stereocenters. The normalized spacial score (nSPS) is 27.6. The number of anilines is 1. The molecule has 3 unspecified atom stereocenters. The number of nitrogens with zero attached hydrogens (tertiary/aromatic N) is 1. The summed E-state index contributed by atoms with van der Waals surface area (Å²) in [5.41, 5.74) is 1.68. The molecule has 0 saturated carbocycles. The maximum atomic E-state index is 10.5. The van der Waals surface area contributed by atoms with E-state index in [1.807, 2.05) is 21.0 Å². The van der Waals surface area contributed by atoms with Crippen LogP contribution in [0.1, 0.15) is 31.9 Å². The van der Waals surface area contributed by atoms with Crippen molar-refractivity contribution in [1.82, 2.24) is 5.32 Å². The van der Waals surface area contributed by atoms with E-state index in [9.17, 15) is 5.11 Å². The van der Waals surface area contributed by atoms with Crippen LogP contribution in [0.15, 0.2) is 24.3 Å². The summed E-state index contributed by atoms with van der Waals surface area (Å²) >= 11 is 0. The highest BCUT2D eigenvalue weighted by Crippen LogP contribution is 2.26. The van der Waals surface area contributed by atoms with Crippen LogP contribution >= 0.6 is 0 Å². The van der Waals surface area contributed by atoms with E-state index in [4.69, 9.17) is 4.74 Å². The zero-order chi connectivity index (χ0) is 14.8. The van der Waals surface area contributed by atoms with Gasteiger partial charge in [-0.1, -0.05) is 12.1 Å². The summed E-state index contributed by atoms with van der Waals surface area (Å²) < 4.78 is 5.45. The van der Waals surface area contributed by atoms with Crippen molar-refractivity contribution in [3.63, 3.8) is 0 Å². The molecule has 2 N–H and O–H groups in total. The second-order valence-electron chi connectivity index (χ2n) is 5.96. The molecule has 20 heavy (non-hydrogen) atoms. The number of nitrogens with one attached hydrogen (secondary N) is 1. The molecule has 1 aliphatic rings. The second kappa shape index (κ2) is 6.12. The third-order valence-corrected chi connectivity index (χ3v) is 4.28. The van der Waals surface area contributed by atoms with E-state index in [2.05, 4.69) is 41.4 Å². The van der Waals surface area contributed by atoms with Crippen molar-refractivity contribution in [2.75, 3.05) is 32.1 Å². The second-order valence-corrected chi connectivity index (χ2v) is 5.96. The van der Waals surface area contributed by atoms with Crippen LogP contribution in [0.4, 0.5) is 5.69 Å². The number of hydrogen-bond acceptors (Lipinski definition) is 4. The van der Waals surface area contributed by atoms with Gasteiger partial charge in [0.2, 0.25) is 0 Å². The van der Waals surface area contributed by atoms with Crippen LogP contribution in [0.5, 0.6) is 0 Å². The smallest absolute Gasteiger partial charge is 0.105 e. The van der Waals surface area contributed by atoms with E-state index < -0.39 is 5.60 Å². The van der Waals surface area contributed by atoms with Gasteiger partial charge in [-0.2, -0.15) is 0 Å². The first-order valence-corrected chi connectivity index (χ1v) is 7.27. The summed E-state index contributed by atoms with van der Waals surface area (Å²) in [5.74, 6) is 0. The molecule has 0 spiro atoms. The summed E-state index contributed by atoms with van der Waals surface area (Å²) in [6.45, 7) is 5.26. The van der Waals surface area contributed by atoms with Crippen molar-refractivity contribution in [2.24, 2.45) is 0 Å². The van der Waals surface area contributed by atoms with Crippen molar-refractivity contribution in [3.05, 3.63) is 29.8 Å². The van der Waals surface area contributed by atoms with Gasteiger partial charge in [0, 0.05) is 45.4 Å². The molecule has 0 radical (unpaired) electrons. The minimum Gasteiger partial charge on any atom is -0.386 e. The van der Waals surface area contributed by atoms with Gasteiger partial charge >= 0.3 is 0 Å². The Hall–Kier alpha value is -1.10. The van der Waals surface area contributed by atoms with E-state index in [1.165, 1.54) is 11.3 Å². The van der Waals surface area contributed by atoms with Crippen LogP contribution in [-0.2, 0) is 4.74 Å². The standard InChI is InChI=1S/C16H26N2O2/c1-12(14-5-7-15(8-6-14)18(3)4)17-11-16(19)9-10-20-13(16)2/h5-8,12-13,17,19H,9-11H2,1-4H3. The molecule has 1 fully saturated rings. The zero-order valence-corrected chi connectivity index (χ0v) is 12.9. The Kier molecular flexibility index (Phi) is 4.68. The van der Waals surface area contributed by atoms with Crippen LogP contribution in [-0.4, -0.2) is 44.1 Å². The molecule has 1 aromatic rings. The molecule has 1 aromatic carbocycles. The first-order valence-electron chi connectivity index (χ1n) is 7.27. The number of hydrogen-bond donors (Lipinski definition) is 2. The molecule has 4 nitrogen and oxygen atoms in total. The molecular weight excluding hydrogens is 252 g/mol. The van der Waals surface area contributed by atoms with Gasteiger partial charge < -0.3 is 20.1 Å². The van der Waals surface area contributed by atoms with Gasteiger partial charge in [-0.25, -0.2) is 0 Å². The molecule has 0 amide bonds. The molecule has 0 bridgehead atoms. The summed E-state index contributed by atoms with van der Waals surface area (Å²) in [4.78, 5) is 2.09. The molecule has 0 aromatic heterocycles. The topological polar surface area (TPSA) is 44.7 Å². The zero-order valence-electron chi connectivity index (χ0n) is 12.9. The predicted molar refractivity (Wildman–Crippen MR) is 82.2 cm³/mol. The summed E-state index contributed by atoms with van der Waals surface area (Å²) in [7, 11) is 4.07. The highest BCUT2D eigenvalue weighted by Gasteiger charge is 2.39. The van der Waals surface area contributed by atoms with Crippen molar-refractivity contribution in [3.8, 4) is 0 Å². The van der Waals surface area contributed by atoms with Crippen molar-refractivity contribution < 1.29 is 9.84 Å². The van der Waals surface area contributed by atoms with Crippen molar-refractivity contribution in [2.45, 2.75) is 38.0 Å². The summed E-state index contributed by atoms with van der Waals surface area (Å²) in [6.07, 6.45) is 0.603. The van der Waals surface area contributed by atoms with Crippen molar-refractivity contribution in [1.29, 1.82) is 0 Å². The Labute approximate surface area is 121 Å². The van der Waals surface area contributed by atoms with Gasteiger partial charge in [0.15, 0.2) is 0 Å². The van der Waals surface area contributed by atoms with Gasteiger partial charge in [0.1, 0.15) is 5.60 Å². The van der Waals surface area contributed by atoms with E-state index in [-0.39, 0.29) is 12.1 Å². The van der Waals surface area contributed by atoms with Crippen LogP contribution < -0.4 is 10.2 Å². The number of aliphatic hydroxyl groups is 1. The molecule has 2 rings (SSSR count). The van der Waals surface area contributed by atoms with Gasteiger partial charge in [-0.05, 0) is 31.5 Å². The largest absolute Gasteiger partial charge is 0.386 e. The first kappa shape index (κ1) is 15.3. The third kappa shape index (κ3) is 3.32. The Bertz CT molecular complexity index is 433. The average Bonchev–Trinajstić information content (AvgIpc) is 2.76. The monoisotopic (exact) mass is 278 g/mol. The lowest BCUT2D eigenvalue weighted by molar-refractivity contribution is -0.0274. The van der Waals surface area contributed by atoms with E-state index in [0.29, 0.717) is 19.6 Å². The Morgan fingerprint density at radius 1 is 1.40 bits per heavy atom. The van der Waals surface area contributed by atoms with Gasteiger partial charge in [0.25, 0.3) is 0 Å². The molecular formula is C16H26N2O2. The molecule has 0 aliphatic carbocycles. The highest BCUT2D eigenvalue weighted by molar-refractivity contribution is 5.46. The maximum Gasteiger partial charge on any atom is 0.105 e. The van der Waals surface area contributed by atoms with Crippen LogP contribution in [0.2, 0.25) is 0 Å². The van der Waals surface area contributed by atoms with E-state index >= 15 is 0 Å². The fraction of sp³-hybridized carbons (Fsp3) is 0.625. The lowest BCUT2D eigenvalue weighted by atomic mass is 9.96. The van der Waals surface area contributed by atoms with Crippen LogP contribution in [0.3, 0.4) is 0 Å². The minimum atomic E-state index is -0.738. The molecule has 112 valence electrons. The molecule has 4 heteroatoms. The Morgan fingerprint density at radius 3 is 2.55 bits per heavy atom. The van der Waals surface area contributed by atoms with Crippen LogP contribution in [0, 0.1) is 0 Å². The first-order chi connectivity index (χ1) is 9.42. The fourth-order valence-corrected chi connectivity index (χ4v) is 2.51. The van der Waals surface area contributed by atoms with E-state index in [1.54, 1.807) is 0 Å². The van der Waals surface area contributed by atoms with Crippen molar-refractivity contribution >= 4 is 5.69 Å². The highest BCUT2D eigenvalue weighted by atomic mass is 16.5. The van der Waals surface area contributed by atoms with Gasteiger partial charge in [-0.15, -0.1) is 0 Å². The Balaban J connectivity index is 1.93. The predicted octanol–water partition coefficient (Wildman–Crippen LogP) is 1.94. The maximum absolute atomic E-state index is 10.5. The summed E-state index contributed by atoms with van der Waals surface area (Å²) in [6, 6.07) is 8.70. The SMILES string of the molecule is CC(NCC1(O)CCOC1C)c1ccc(N(C)C)cc1. The number of benzene rings is 1. The van der Waals surface area contributed by atoms with Gasteiger partial charge in [-0.3, -0.25) is 0 Å². The number of ether oxygens (including phenoxy) is 1. The molecule has 1 heterocycles. The lowest BCUT2D eigenvalue weighted by Gasteiger charge is -2.28. The molecule has 1 saturated heterocycles. The van der Waals surface area contributed by atoms with Gasteiger partial charge in [0.05, 0.1) is 6.10 Å². The minimum absolute atomic E-state index is 0.0988. The Morgan fingerprint density at radius 2 is 2.05 bits per heavy atom.